The highest BCUT2D eigenvalue weighted by Gasteiger charge is 2.02. The smallest absolute Gasteiger partial charge is 0.0941 e. The standard InChI is InChI=1S/C9H15ClN2S/c1-3-12(2)5-4-9-11-8(6-10)7-13-9/h7H,3-6H2,1-2H3. The maximum atomic E-state index is 5.66. The first-order valence-corrected chi connectivity index (χ1v) is 5.85. The van der Waals surface area contributed by atoms with Gasteiger partial charge < -0.3 is 4.90 Å². The van der Waals surface area contributed by atoms with E-state index in [4.69, 9.17) is 11.6 Å². The Morgan fingerprint density at radius 3 is 2.92 bits per heavy atom. The van der Waals surface area contributed by atoms with Crippen molar-refractivity contribution in [2.45, 2.75) is 19.2 Å². The van der Waals surface area contributed by atoms with Crippen LogP contribution >= 0.6 is 22.9 Å². The van der Waals surface area contributed by atoms with E-state index >= 15 is 0 Å². The second-order valence-corrected chi connectivity index (χ2v) is 4.22. The van der Waals surface area contributed by atoms with E-state index in [1.54, 1.807) is 11.3 Å². The van der Waals surface area contributed by atoms with E-state index in [1.807, 2.05) is 5.38 Å². The van der Waals surface area contributed by atoms with Gasteiger partial charge in [0.15, 0.2) is 0 Å². The van der Waals surface area contributed by atoms with Gasteiger partial charge in [0, 0.05) is 18.3 Å². The fourth-order valence-electron chi connectivity index (χ4n) is 0.970. The zero-order valence-corrected chi connectivity index (χ0v) is 9.66. The first-order valence-electron chi connectivity index (χ1n) is 4.44. The predicted molar refractivity (Wildman–Crippen MR) is 58.5 cm³/mol. The third-order valence-electron chi connectivity index (χ3n) is 1.98. The van der Waals surface area contributed by atoms with Gasteiger partial charge in [0.2, 0.25) is 0 Å². The average Bonchev–Trinajstić information content (AvgIpc) is 2.61. The monoisotopic (exact) mass is 218 g/mol. The highest BCUT2D eigenvalue weighted by Crippen LogP contribution is 2.12. The van der Waals surface area contributed by atoms with E-state index in [0.29, 0.717) is 5.88 Å². The second-order valence-electron chi connectivity index (χ2n) is 3.01. The van der Waals surface area contributed by atoms with Gasteiger partial charge in [-0.05, 0) is 13.6 Å². The van der Waals surface area contributed by atoms with Crippen molar-refractivity contribution in [2.75, 3.05) is 20.1 Å². The second kappa shape index (κ2) is 5.58. The summed E-state index contributed by atoms with van der Waals surface area (Å²) in [5.41, 5.74) is 1.00. The lowest BCUT2D eigenvalue weighted by molar-refractivity contribution is 0.357. The molecule has 0 amide bonds. The summed E-state index contributed by atoms with van der Waals surface area (Å²) in [6, 6.07) is 0. The summed E-state index contributed by atoms with van der Waals surface area (Å²) in [6.45, 7) is 4.32. The lowest BCUT2D eigenvalue weighted by Gasteiger charge is -2.11. The third kappa shape index (κ3) is 3.63. The lowest BCUT2D eigenvalue weighted by Crippen LogP contribution is -2.20. The van der Waals surface area contributed by atoms with E-state index in [0.717, 1.165) is 25.2 Å². The van der Waals surface area contributed by atoms with Crippen molar-refractivity contribution in [2.24, 2.45) is 0 Å². The maximum Gasteiger partial charge on any atom is 0.0941 e. The van der Waals surface area contributed by atoms with Crippen LogP contribution in [0.5, 0.6) is 0 Å². The Morgan fingerprint density at radius 2 is 2.38 bits per heavy atom. The molecular formula is C9H15ClN2S. The summed E-state index contributed by atoms with van der Waals surface area (Å²) >= 11 is 7.37. The summed E-state index contributed by atoms with van der Waals surface area (Å²) in [7, 11) is 2.12. The number of aromatic nitrogens is 1. The van der Waals surface area contributed by atoms with Crippen LogP contribution < -0.4 is 0 Å². The van der Waals surface area contributed by atoms with E-state index in [1.165, 1.54) is 5.01 Å². The molecule has 0 unspecified atom stereocenters. The normalized spacial score (nSPS) is 11.1. The fourth-order valence-corrected chi connectivity index (χ4v) is 1.99. The van der Waals surface area contributed by atoms with E-state index in [-0.39, 0.29) is 0 Å². The lowest BCUT2D eigenvalue weighted by atomic mass is 10.4. The van der Waals surface area contributed by atoms with Gasteiger partial charge in [-0.15, -0.1) is 22.9 Å². The Balaban J connectivity index is 2.36. The fraction of sp³-hybridized carbons (Fsp3) is 0.667. The van der Waals surface area contributed by atoms with Crippen molar-refractivity contribution in [3.05, 3.63) is 16.1 Å². The van der Waals surface area contributed by atoms with Crippen LogP contribution in [0, 0.1) is 0 Å². The number of thiazole rings is 1. The average molecular weight is 219 g/mol. The maximum absolute atomic E-state index is 5.66. The van der Waals surface area contributed by atoms with Crippen LogP contribution in [0.2, 0.25) is 0 Å². The van der Waals surface area contributed by atoms with Gasteiger partial charge in [0.25, 0.3) is 0 Å². The Hall–Kier alpha value is -0.120. The molecule has 0 aliphatic heterocycles. The molecule has 1 heterocycles. The van der Waals surface area contributed by atoms with Crippen LogP contribution in [0.25, 0.3) is 0 Å². The molecule has 74 valence electrons. The Kier molecular flexibility index (Phi) is 4.70. The summed E-state index contributed by atoms with van der Waals surface area (Å²) in [5, 5.41) is 3.23. The molecule has 0 aromatic carbocycles. The molecule has 0 fully saturated rings. The first kappa shape index (κ1) is 11.0. The third-order valence-corrected chi connectivity index (χ3v) is 3.21. The van der Waals surface area contributed by atoms with Crippen LogP contribution in [-0.2, 0) is 12.3 Å². The Labute approximate surface area is 88.5 Å². The van der Waals surface area contributed by atoms with Crippen LogP contribution in [0.15, 0.2) is 5.38 Å². The number of hydrogen-bond donors (Lipinski definition) is 0. The van der Waals surface area contributed by atoms with E-state index < -0.39 is 0 Å². The number of alkyl halides is 1. The highest BCUT2D eigenvalue weighted by molar-refractivity contribution is 7.09. The predicted octanol–water partition coefficient (Wildman–Crippen LogP) is 2.38. The molecule has 0 bridgehead atoms. The van der Waals surface area contributed by atoms with Crippen LogP contribution in [-0.4, -0.2) is 30.0 Å². The molecule has 0 aliphatic carbocycles. The number of rotatable bonds is 5. The van der Waals surface area contributed by atoms with Gasteiger partial charge in [0.1, 0.15) is 0 Å². The molecule has 1 aromatic rings. The number of likely N-dealkylation sites (N-methyl/N-ethyl adjacent to an activating group) is 1. The zero-order valence-electron chi connectivity index (χ0n) is 8.09. The number of hydrogen-bond acceptors (Lipinski definition) is 3. The number of halogens is 1. The Morgan fingerprint density at radius 1 is 1.62 bits per heavy atom. The highest BCUT2D eigenvalue weighted by atomic mass is 35.5. The quantitative estimate of drug-likeness (QED) is 0.706. The van der Waals surface area contributed by atoms with E-state index in [9.17, 15) is 0 Å². The van der Waals surface area contributed by atoms with Gasteiger partial charge in [-0.2, -0.15) is 0 Å². The van der Waals surface area contributed by atoms with E-state index in [2.05, 4.69) is 23.9 Å². The molecule has 0 spiro atoms. The Bertz CT molecular complexity index is 250. The van der Waals surface area contributed by atoms with Gasteiger partial charge in [0.05, 0.1) is 16.6 Å². The molecular weight excluding hydrogens is 204 g/mol. The van der Waals surface area contributed by atoms with Crippen LogP contribution in [0.1, 0.15) is 17.6 Å². The van der Waals surface area contributed by atoms with Crippen molar-refractivity contribution in [3.8, 4) is 0 Å². The van der Waals surface area contributed by atoms with Crippen LogP contribution in [0.4, 0.5) is 0 Å². The molecule has 0 saturated carbocycles. The molecule has 1 rings (SSSR count). The molecule has 0 radical (unpaired) electrons. The largest absolute Gasteiger partial charge is 0.306 e. The van der Waals surface area contributed by atoms with Gasteiger partial charge in [-0.1, -0.05) is 6.92 Å². The summed E-state index contributed by atoms with van der Waals surface area (Å²) in [5.74, 6) is 0.528. The van der Waals surface area contributed by atoms with Crippen molar-refractivity contribution >= 4 is 22.9 Å². The summed E-state index contributed by atoms with van der Waals surface area (Å²) in [4.78, 5) is 6.67. The minimum Gasteiger partial charge on any atom is -0.306 e. The van der Waals surface area contributed by atoms with Crippen molar-refractivity contribution in [1.82, 2.24) is 9.88 Å². The molecule has 0 saturated heterocycles. The molecule has 1 aromatic heterocycles. The SMILES string of the molecule is CCN(C)CCc1nc(CCl)cs1. The van der Waals surface area contributed by atoms with Gasteiger partial charge >= 0.3 is 0 Å². The minimum atomic E-state index is 0.528. The molecule has 0 aliphatic rings. The van der Waals surface area contributed by atoms with Crippen molar-refractivity contribution in [1.29, 1.82) is 0 Å². The number of nitrogens with zero attached hydrogens (tertiary/aromatic N) is 2. The summed E-state index contributed by atoms with van der Waals surface area (Å²) < 4.78 is 0. The van der Waals surface area contributed by atoms with Gasteiger partial charge in [-0.25, -0.2) is 4.98 Å². The molecule has 0 atom stereocenters. The molecule has 2 nitrogen and oxygen atoms in total. The van der Waals surface area contributed by atoms with Crippen molar-refractivity contribution in [3.63, 3.8) is 0 Å². The summed E-state index contributed by atoms with van der Waals surface area (Å²) in [6.07, 6.45) is 1.03. The van der Waals surface area contributed by atoms with Gasteiger partial charge in [-0.3, -0.25) is 0 Å². The molecule has 0 N–H and O–H groups in total. The van der Waals surface area contributed by atoms with Crippen molar-refractivity contribution < 1.29 is 0 Å². The first-order chi connectivity index (χ1) is 6.26. The van der Waals surface area contributed by atoms with Crippen LogP contribution in [0.3, 0.4) is 0 Å². The zero-order chi connectivity index (χ0) is 9.68. The molecule has 13 heavy (non-hydrogen) atoms. The minimum absolute atomic E-state index is 0.528. The molecule has 4 heteroatoms. The topological polar surface area (TPSA) is 16.1 Å².